The highest BCUT2D eigenvalue weighted by Gasteiger charge is 2.12. The Kier molecular flexibility index (Phi) is 6.19. The summed E-state index contributed by atoms with van der Waals surface area (Å²) >= 11 is 0. The van der Waals surface area contributed by atoms with Crippen molar-refractivity contribution in [2.45, 2.75) is 32.4 Å². The fourth-order valence-corrected chi connectivity index (χ4v) is 0.912. The molecule has 0 spiro atoms. The van der Waals surface area contributed by atoms with E-state index in [1.165, 1.54) is 0 Å². The van der Waals surface area contributed by atoms with Crippen LogP contribution in [0.2, 0.25) is 0 Å². The van der Waals surface area contributed by atoms with Crippen LogP contribution in [0, 0.1) is 23.7 Å². The molecule has 0 saturated carbocycles. The summed E-state index contributed by atoms with van der Waals surface area (Å²) in [5.74, 6) is 2.21. The number of nitrogens with one attached hydrogen (secondary N) is 2. The van der Waals surface area contributed by atoms with Crippen molar-refractivity contribution in [3.63, 3.8) is 0 Å². The number of nitriles is 1. The number of carbonyl (C=O) groups is 1. The van der Waals surface area contributed by atoms with Gasteiger partial charge >= 0.3 is 0 Å². The summed E-state index contributed by atoms with van der Waals surface area (Å²) in [6.45, 7) is 4.04. The second-order valence-corrected chi connectivity index (χ2v) is 3.19. The number of hydrogen-bond acceptors (Lipinski definition) is 3. The van der Waals surface area contributed by atoms with E-state index in [1.54, 1.807) is 0 Å². The third-order valence-electron chi connectivity index (χ3n) is 1.45. The van der Waals surface area contributed by atoms with Gasteiger partial charge in [0.05, 0.1) is 19.0 Å². The molecule has 0 bridgehead atoms. The van der Waals surface area contributed by atoms with Crippen LogP contribution in [-0.2, 0) is 4.79 Å². The second-order valence-electron chi connectivity index (χ2n) is 3.19. The highest BCUT2D eigenvalue weighted by atomic mass is 16.1. The minimum atomic E-state index is -0.509. The third-order valence-corrected chi connectivity index (χ3v) is 1.45. The molecule has 0 aliphatic rings. The maximum Gasteiger partial charge on any atom is 0.222 e. The van der Waals surface area contributed by atoms with Gasteiger partial charge in [-0.3, -0.25) is 10.1 Å². The van der Waals surface area contributed by atoms with Crippen LogP contribution in [-0.4, -0.2) is 24.5 Å². The number of carbonyl (C=O) groups excluding carboxylic acids is 1. The Bertz CT molecular complexity index is 260. The lowest BCUT2D eigenvalue weighted by Crippen LogP contribution is -2.37. The molecule has 0 heterocycles. The molecule has 1 unspecified atom stereocenters. The maximum absolute atomic E-state index is 11.2. The topological polar surface area (TPSA) is 64.9 Å². The van der Waals surface area contributed by atoms with Crippen molar-refractivity contribution in [2.75, 3.05) is 6.54 Å². The molecule has 0 aliphatic heterocycles. The van der Waals surface area contributed by atoms with Crippen molar-refractivity contribution in [2.24, 2.45) is 0 Å². The zero-order chi connectivity index (χ0) is 11.0. The molecule has 1 atom stereocenters. The lowest BCUT2D eigenvalue weighted by molar-refractivity contribution is -0.121. The highest BCUT2D eigenvalue weighted by Crippen LogP contribution is 1.91. The van der Waals surface area contributed by atoms with Crippen molar-refractivity contribution < 1.29 is 4.79 Å². The Morgan fingerprint density at radius 2 is 2.21 bits per heavy atom. The van der Waals surface area contributed by atoms with Crippen LogP contribution in [0.25, 0.3) is 0 Å². The molecule has 76 valence electrons. The maximum atomic E-state index is 11.2. The zero-order valence-electron chi connectivity index (χ0n) is 8.50. The predicted octanol–water partition coefficient (Wildman–Crippen LogP) is 0.0161. The molecule has 0 aromatic carbocycles. The average molecular weight is 193 g/mol. The molecule has 0 radical (unpaired) electrons. The molecule has 4 nitrogen and oxygen atoms in total. The first kappa shape index (κ1) is 12.5. The van der Waals surface area contributed by atoms with Gasteiger partial charge in [0.25, 0.3) is 0 Å². The average Bonchev–Trinajstić information content (AvgIpc) is 2.10. The van der Waals surface area contributed by atoms with E-state index >= 15 is 0 Å². The fraction of sp³-hybridized carbons (Fsp3) is 0.600. The Balaban J connectivity index is 3.89. The Labute approximate surface area is 84.7 Å². The lowest BCUT2D eigenvalue weighted by Gasteiger charge is -2.11. The second kappa shape index (κ2) is 6.94. The smallest absolute Gasteiger partial charge is 0.222 e. The van der Waals surface area contributed by atoms with E-state index in [1.807, 2.05) is 19.9 Å². The van der Waals surface area contributed by atoms with Crippen LogP contribution in [0.15, 0.2) is 0 Å². The third kappa shape index (κ3) is 6.05. The first-order chi connectivity index (χ1) is 6.60. The quantitative estimate of drug-likeness (QED) is 0.605. The Morgan fingerprint density at radius 1 is 1.57 bits per heavy atom. The van der Waals surface area contributed by atoms with Crippen LogP contribution in [0.4, 0.5) is 0 Å². The number of hydrogen-bond donors (Lipinski definition) is 2. The van der Waals surface area contributed by atoms with Crippen molar-refractivity contribution in [1.29, 1.82) is 5.26 Å². The van der Waals surface area contributed by atoms with Crippen LogP contribution in [0.5, 0.6) is 0 Å². The number of amides is 1. The van der Waals surface area contributed by atoms with Crippen molar-refractivity contribution in [3.05, 3.63) is 0 Å². The summed E-state index contributed by atoms with van der Waals surface area (Å²) in [5.41, 5.74) is 0. The molecule has 4 heteroatoms. The van der Waals surface area contributed by atoms with E-state index in [0.717, 1.165) is 0 Å². The molecule has 2 N–H and O–H groups in total. The van der Waals surface area contributed by atoms with E-state index in [-0.39, 0.29) is 18.4 Å². The van der Waals surface area contributed by atoms with Gasteiger partial charge in [-0.15, -0.1) is 6.42 Å². The molecule has 14 heavy (non-hydrogen) atoms. The van der Waals surface area contributed by atoms with Gasteiger partial charge in [-0.2, -0.15) is 5.26 Å². The van der Waals surface area contributed by atoms with E-state index in [9.17, 15) is 4.79 Å². The van der Waals surface area contributed by atoms with Crippen molar-refractivity contribution in [1.82, 2.24) is 10.6 Å². The lowest BCUT2D eigenvalue weighted by atomic mass is 10.2. The Hall–Kier alpha value is -1.52. The molecule has 0 saturated heterocycles. The van der Waals surface area contributed by atoms with Crippen LogP contribution in [0.1, 0.15) is 20.3 Å². The number of rotatable bonds is 5. The molecular formula is C10H15N3O. The van der Waals surface area contributed by atoms with E-state index in [0.29, 0.717) is 6.54 Å². The summed E-state index contributed by atoms with van der Waals surface area (Å²) in [6.07, 6.45) is 5.16. The summed E-state index contributed by atoms with van der Waals surface area (Å²) in [6, 6.07) is 1.56. The first-order valence-corrected chi connectivity index (χ1v) is 4.46. The summed E-state index contributed by atoms with van der Waals surface area (Å²) in [5, 5.41) is 14.1. The molecular weight excluding hydrogens is 178 g/mol. The van der Waals surface area contributed by atoms with E-state index in [2.05, 4.69) is 16.6 Å². The number of nitrogens with zero attached hydrogens (tertiary/aromatic N) is 1. The largest absolute Gasteiger partial charge is 0.354 e. The minimum Gasteiger partial charge on any atom is -0.354 e. The van der Waals surface area contributed by atoms with Gasteiger partial charge in [-0.1, -0.05) is 5.92 Å². The van der Waals surface area contributed by atoms with E-state index < -0.39 is 6.04 Å². The van der Waals surface area contributed by atoms with Crippen LogP contribution in [0.3, 0.4) is 0 Å². The SMILES string of the molecule is C#CCNC(C#N)CC(=O)NC(C)C. The molecule has 0 fully saturated rings. The minimum absolute atomic E-state index is 0.0921. The summed E-state index contributed by atoms with van der Waals surface area (Å²) in [7, 11) is 0. The van der Waals surface area contributed by atoms with Gasteiger partial charge in [0.1, 0.15) is 6.04 Å². The summed E-state index contributed by atoms with van der Waals surface area (Å²) in [4.78, 5) is 11.2. The standard InChI is InChI=1S/C10H15N3O/c1-4-5-12-9(7-11)6-10(14)13-8(2)3/h1,8-9,12H,5-6H2,2-3H3,(H,13,14). The van der Waals surface area contributed by atoms with Gasteiger partial charge in [-0.05, 0) is 13.8 Å². The van der Waals surface area contributed by atoms with Gasteiger partial charge in [0, 0.05) is 6.04 Å². The highest BCUT2D eigenvalue weighted by molar-refractivity contribution is 5.77. The van der Waals surface area contributed by atoms with Crippen molar-refractivity contribution in [3.8, 4) is 18.4 Å². The molecule has 0 rings (SSSR count). The van der Waals surface area contributed by atoms with Gasteiger partial charge in [0.15, 0.2) is 0 Å². The van der Waals surface area contributed by atoms with E-state index in [4.69, 9.17) is 11.7 Å². The van der Waals surface area contributed by atoms with Gasteiger partial charge in [0.2, 0.25) is 5.91 Å². The number of terminal acetylenes is 1. The monoisotopic (exact) mass is 193 g/mol. The van der Waals surface area contributed by atoms with Gasteiger partial charge in [-0.25, -0.2) is 0 Å². The van der Waals surface area contributed by atoms with Crippen molar-refractivity contribution >= 4 is 5.91 Å². The first-order valence-electron chi connectivity index (χ1n) is 4.46. The van der Waals surface area contributed by atoms with Gasteiger partial charge < -0.3 is 5.32 Å². The molecule has 0 aromatic rings. The Morgan fingerprint density at radius 3 is 2.64 bits per heavy atom. The molecule has 0 aliphatic carbocycles. The van der Waals surface area contributed by atoms with Crippen LogP contribution < -0.4 is 10.6 Å². The normalized spacial score (nSPS) is 11.5. The predicted molar refractivity (Wildman–Crippen MR) is 54.1 cm³/mol. The molecule has 1 amide bonds. The summed E-state index contributed by atoms with van der Waals surface area (Å²) < 4.78 is 0. The molecule has 0 aromatic heterocycles. The zero-order valence-corrected chi connectivity index (χ0v) is 8.50. The van der Waals surface area contributed by atoms with Crippen LogP contribution >= 0.6 is 0 Å². The fourth-order valence-electron chi connectivity index (χ4n) is 0.912.